The van der Waals surface area contributed by atoms with Crippen LogP contribution in [0.25, 0.3) is 5.82 Å². The van der Waals surface area contributed by atoms with Crippen molar-refractivity contribution in [3.8, 4) is 17.4 Å². The SMILES string of the molecule is Cc1nc(Oc2ccc(NC(=O)CCCN3C(=O)c4ccccc4C3=O)cc2)cc(-n2cccn2)n1. The molecule has 0 fully saturated rings. The smallest absolute Gasteiger partial charge is 0.261 e. The Hall–Kier alpha value is -4.86. The number of imide groups is 1. The van der Waals surface area contributed by atoms with Crippen LogP contribution in [-0.4, -0.2) is 48.9 Å². The van der Waals surface area contributed by atoms with E-state index >= 15 is 0 Å². The van der Waals surface area contributed by atoms with Gasteiger partial charge in [0.1, 0.15) is 11.6 Å². The molecule has 4 aromatic rings. The van der Waals surface area contributed by atoms with Gasteiger partial charge in [-0.1, -0.05) is 12.1 Å². The molecule has 5 rings (SSSR count). The number of aromatic nitrogens is 4. The number of carbonyl (C=O) groups is 3. The van der Waals surface area contributed by atoms with Crippen molar-refractivity contribution in [3.63, 3.8) is 0 Å². The molecule has 180 valence electrons. The van der Waals surface area contributed by atoms with Crippen molar-refractivity contribution >= 4 is 23.4 Å². The first-order valence-corrected chi connectivity index (χ1v) is 11.4. The quantitative estimate of drug-likeness (QED) is 0.380. The standard InChI is InChI=1S/C26H22N6O4/c1-17-28-22(32-15-5-13-27-32)16-24(29-17)36-19-11-9-18(10-12-19)30-23(33)8-4-14-31-25(34)20-6-2-3-7-21(20)26(31)35/h2-3,5-7,9-13,15-16H,4,8,14H2,1H3,(H,30,33). The lowest BCUT2D eigenvalue weighted by molar-refractivity contribution is -0.116. The van der Waals surface area contributed by atoms with Crippen LogP contribution >= 0.6 is 0 Å². The number of fused-ring (bicyclic) bond motifs is 1. The van der Waals surface area contributed by atoms with Crippen LogP contribution in [0.1, 0.15) is 39.4 Å². The van der Waals surface area contributed by atoms with Crippen LogP contribution in [0.3, 0.4) is 0 Å². The molecule has 0 radical (unpaired) electrons. The maximum Gasteiger partial charge on any atom is 0.261 e. The van der Waals surface area contributed by atoms with Crippen LogP contribution < -0.4 is 10.1 Å². The zero-order valence-electron chi connectivity index (χ0n) is 19.4. The Morgan fingerprint density at radius 3 is 2.36 bits per heavy atom. The van der Waals surface area contributed by atoms with Gasteiger partial charge in [-0.05, 0) is 55.8 Å². The lowest BCUT2D eigenvalue weighted by atomic mass is 10.1. The number of ether oxygens (including phenoxy) is 1. The average molecular weight is 483 g/mol. The van der Waals surface area contributed by atoms with Crippen molar-refractivity contribution in [2.45, 2.75) is 19.8 Å². The Morgan fingerprint density at radius 1 is 0.972 bits per heavy atom. The fourth-order valence-electron chi connectivity index (χ4n) is 3.89. The van der Waals surface area contributed by atoms with Crippen LogP contribution in [0.15, 0.2) is 73.1 Å². The number of benzene rings is 2. The van der Waals surface area contributed by atoms with E-state index in [0.717, 1.165) is 0 Å². The van der Waals surface area contributed by atoms with E-state index in [1.165, 1.54) is 4.90 Å². The average Bonchev–Trinajstić information content (AvgIpc) is 3.49. The van der Waals surface area contributed by atoms with E-state index in [-0.39, 0.29) is 30.7 Å². The molecular weight excluding hydrogens is 460 g/mol. The molecule has 0 bridgehead atoms. The summed E-state index contributed by atoms with van der Waals surface area (Å²) >= 11 is 0. The van der Waals surface area contributed by atoms with Crippen LogP contribution in [0.4, 0.5) is 5.69 Å². The molecule has 1 aliphatic heterocycles. The summed E-state index contributed by atoms with van der Waals surface area (Å²) in [5, 5.41) is 6.98. The molecule has 0 aliphatic carbocycles. The molecule has 0 saturated heterocycles. The molecule has 0 unspecified atom stereocenters. The summed E-state index contributed by atoms with van der Waals surface area (Å²) in [6, 6.07) is 17.1. The molecule has 0 saturated carbocycles. The Morgan fingerprint density at radius 2 is 1.69 bits per heavy atom. The Bertz CT molecular complexity index is 1400. The second-order valence-electron chi connectivity index (χ2n) is 8.15. The van der Waals surface area contributed by atoms with Crippen molar-refractivity contribution in [1.29, 1.82) is 0 Å². The second-order valence-corrected chi connectivity index (χ2v) is 8.15. The Kier molecular flexibility index (Phi) is 6.23. The van der Waals surface area contributed by atoms with Gasteiger partial charge in [0.2, 0.25) is 11.8 Å². The summed E-state index contributed by atoms with van der Waals surface area (Å²) in [6.45, 7) is 1.96. The number of hydrogen-bond donors (Lipinski definition) is 1. The highest BCUT2D eigenvalue weighted by molar-refractivity contribution is 6.21. The van der Waals surface area contributed by atoms with Gasteiger partial charge in [-0.15, -0.1) is 0 Å². The number of aryl methyl sites for hydroxylation is 1. The second kappa shape index (κ2) is 9.79. The van der Waals surface area contributed by atoms with E-state index in [1.807, 2.05) is 0 Å². The normalized spacial score (nSPS) is 12.5. The van der Waals surface area contributed by atoms with Crippen LogP contribution in [0.2, 0.25) is 0 Å². The van der Waals surface area contributed by atoms with E-state index in [9.17, 15) is 14.4 Å². The lowest BCUT2D eigenvalue weighted by Gasteiger charge is -2.13. The summed E-state index contributed by atoms with van der Waals surface area (Å²) in [5.74, 6) is 1.21. The third-order valence-corrected chi connectivity index (χ3v) is 5.56. The van der Waals surface area contributed by atoms with Gasteiger partial charge < -0.3 is 10.1 Å². The minimum Gasteiger partial charge on any atom is -0.439 e. The Labute approximate surface area is 206 Å². The molecule has 1 N–H and O–H groups in total. The highest BCUT2D eigenvalue weighted by atomic mass is 16.5. The van der Waals surface area contributed by atoms with Crippen molar-refractivity contribution in [2.24, 2.45) is 0 Å². The first-order valence-electron chi connectivity index (χ1n) is 11.4. The largest absolute Gasteiger partial charge is 0.439 e. The van der Waals surface area contributed by atoms with E-state index in [2.05, 4.69) is 20.4 Å². The third-order valence-electron chi connectivity index (χ3n) is 5.56. The molecule has 0 spiro atoms. The number of nitrogens with zero attached hydrogens (tertiary/aromatic N) is 5. The van der Waals surface area contributed by atoms with Crippen LogP contribution in [-0.2, 0) is 4.79 Å². The monoisotopic (exact) mass is 482 g/mol. The number of amides is 3. The molecule has 3 heterocycles. The predicted octanol–water partition coefficient (Wildman–Crippen LogP) is 3.78. The number of hydrogen-bond acceptors (Lipinski definition) is 7. The highest BCUT2D eigenvalue weighted by Crippen LogP contribution is 2.24. The van der Waals surface area contributed by atoms with E-state index < -0.39 is 0 Å². The minimum absolute atomic E-state index is 0.169. The highest BCUT2D eigenvalue weighted by Gasteiger charge is 2.34. The first kappa shape index (κ1) is 22.9. The molecule has 10 heteroatoms. The molecule has 36 heavy (non-hydrogen) atoms. The zero-order chi connectivity index (χ0) is 25.1. The van der Waals surface area contributed by atoms with Gasteiger partial charge in [0.05, 0.1) is 11.1 Å². The van der Waals surface area contributed by atoms with Crippen molar-refractivity contribution < 1.29 is 19.1 Å². The van der Waals surface area contributed by atoms with Crippen molar-refractivity contribution in [1.82, 2.24) is 24.6 Å². The van der Waals surface area contributed by atoms with Gasteiger partial charge in [-0.2, -0.15) is 10.1 Å². The molecule has 2 aromatic heterocycles. The van der Waals surface area contributed by atoms with Gasteiger partial charge in [0.15, 0.2) is 5.82 Å². The van der Waals surface area contributed by atoms with E-state index in [0.29, 0.717) is 46.5 Å². The maximum atomic E-state index is 12.4. The maximum absolute atomic E-state index is 12.4. The fraction of sp³-hybridized carbons (Fsp3) is 0.154. The predicted molar refractivity (Wildman–Crippen MR) is 130 cm³/mol. The minimum atomic E-state index is -0.317. The van der Waals surface area contributed by atoms with E-state index in [1.54, 1.807) is 84.7 Å². The number of anilines is 1. The molecule has 10 nitrogen and oxygen atoms in total. The van der Waals surface area contributed by atoms with Gasteiger partial charge in [0, 0.05) is 37.1 Å². The van der Waals surface area contributed by atoms with Crippen LogP contribution in [0.5, 0.6) is 11.6 Å². The number of carbonyl (C=O) groups excluding carboxylic acids is 3. The van der Waals surface area contributed by atoms with E-state index in [4.69, 9.17) is 4.74 Å². The topological polar surface area (TPSA) is 119 Å². The van der Waals surface area contributed by atoms with Crippen molar-refractivity contribution in [2.75, 3.05) is 11.9 Å². The summed E-state index contributed by atoms with van der Waals surface area (Å²) in [5.41, 5.74) is 1.41. The fourth-order valence-corrected chi connectivity index (χ4v) is 3.89. The van der Waals surface area contributed by atoms with Gasteiger partial charge in [-0.3, -0.25) is 19.3 Å². The number of rotatable bonds is 8. The van der Waals surface area contributed by atoms with Crippen molar-refractivity contribution in [3.05, 3.63) is 90.0 Å². The summed E-state index contributed by atoms with van der Waals surface area (Å²) < 4.78 is 7.47. The molecule has 2 aromatic carbocycles. The van der Waals surface area contributed by atoms with Gasteiger partial charge >= 0.3 is 0 Å². The summed E-state index contributed by atoms with van der Waals surface area (Å²) in [6.07, 6.45) is 3.98. The first-order chi connectivity index (χ1) is 17.5. The lowest BCUT2D eigenvalue weighted by Crippen LogP contribution is -2.31. The van der Waals surface area contributed by atoms with Gasteiger partial charge in [0.25, 0.3) is 11.8 Å². The Balaban J connectivity index is 1.13. The third kappa shape index (κ3) is 4.83. The molecular formula is C26H22N6O4. The number of nitrogens with one attached hydrogen (secondary N) is 1. The zero-order valence-corrected chi connectivity index (χ0v) is 19.4. The molecule has 3 amide bonds. The summed E-state index contributed by atoms with van der Waals surface area (Å²) in [7, 11) is 0. The van der Waals surface area contributed by atoms with Gasteiger partial charge in [-0.25, -0.2) is 9.67 Å². The molecule has 0 atom stereocenters. The molecule has 1 aliphatic rings. The summed E-state index contributed by atoms with van der Waals surface area (Å²) in [4.78, 5) is 47.1. The van der Waals surface area contributed by atoms with Crippen LogP contribution in [0, 0.1) is 6.92 Å².